The van der Waals surface area contributed by atoms with Crippen LogP contribution in [0.25, 0.3) is 0 Å². The lowest BCUT2D eigenvalue weighted by molar-refractivity contribution is -0.926. The molecular formula is C19H41BrClN. The van der Waals surface area contributed by atoms with Gasteiger partial charge >= 0.3 is 0 Å². The van der Waals surface area contributed by atoms with E-state index in [1.54, 1.807) is 0 Å². The highest BCUT2D eigenvalue weighted by Crippen LogP contribution is 2.17. The second-order valence-electron chi connectivity index (χ2n) is 6.75. The number of alkyl halides is 1. The number of rotatable bonds is 16. The summed E-state index contributed by atoms with van der Waals surface area (Å²) in [6, 6.07) is 0. The van der Waals surface area contributed by atoms with E-state index < -0.39 is 0 Å². The molecule has 22 heavy (non-hydrogen) atoms. The molecule has 0 unspecified atom stereocenters. The highest BCUT2D eigenvalue weighted by atomic mass is 79.9. The monoisotopic (exact) mass is 397 g/mol. The van der Waals surface area contributed by atoms with E-state index in [1.165, 1.54) is 107 Å². The van der Waals surface area contributed by atoms with E-state index in [-0.39, 0.29) is 12.4 Å². The molecule has 0 aromatic heterocycles. The Bertz CT molecular complexity index is 200. The quantitative estimate of drug-likeness (QED) is 0.212. The molecule has 0 saturated carbocycles. The number of halogens is 2. The van der Waals surface area contributed by atoms with Gasteiger partial charge in [0.25, 0.3) is 0 Å². The molecule has 0 radical (unpaired) electrons. The van der Waals surface area contributed by atoms with Crippen molar-refractivity contribution in [3.63, 3.8) is 0 Å². The lowest BCUT2D eigenvalue weighted by Crippen LogP contribution is -3.00. The maximum Gasteiger partial charge on any atom is 0.0885 e. The van der Waals surface area contributed by atoms with Gasteiger partial charge in [-0.05, 0) is 38.5 Å². The van der Waals surface area contributed by atoms with Crippen LogP contribution in [0.2, 0.25) is 0 Å². The Morgan fingerprint density at radius 2 is 0.909 bits per heavy atom. The molecule has 0 aromatic carbocycles. The molecule has 3 heteroatoms. The fourth-order valence-electron chi connectivity index (χ4n) is 3.30. The normalized spacial score (nSPS) is 11.5. The van der Waals surface area contributed by atoms with Gasteiger partial charge in [-0.3, -0.25) is 0 Å². The maximum atomic E-state index is 3.72. The van der Waals surface area contributed by atoms with Gasteiger partial charge in [-0.2, -0.15) is 0 Å². The number of nitrogens with zero attached hydrogens (tertiary/aromatic N) is 1. The first-order valence-electron chi connectivity index (χ1n) is 9.65. The predicted octanol–water partition coefficient (Wildman–Crippen LogP) is 3.55. The second-order valence-corrected chi connectivity index (χ2v) is 7.55. The summed E-state index contributed by atoms with van der Waals surface area (Å²) in [5, 5.41) is 1.17. The van der Waals surface area contributed by atoms with Crippen molar-refractivity contribution in [3.05, 3.63) is 0 Å². The summed E-state index contributed by atoms with van der Waals surface area (Å²) in [6.45, 7) is 12.5. The van der Waals surface area contributed by atoms with Crippen molar-refractivity contribution in [2.24, 2.45) is 0 Å². The van der Waals surface area contributed by atoms with Crippen LogP contribution < -0.4 is 12.4 Å². The Labute approximate surface area is 155 Å². The minimum atomic E-state index is 0. The van der Waals surface area contributed by atoms with Gasteiger partial charge in [0.05, 0.1) is 31.5 Å². The third-order valence-corrected chi connectivity index (χ3v) is 5.12. The lowest BCUT2D eigenvalue weighted by atomic mass is 10.1. The summed E-state index contributed by atoms with van der Waals surface area (Å²) in [7, 11) is 0. The molecule has 0 N–H and O–H groups in total. The van der Waals surface area contributed by atoms with E-state index in [0.29, 0.717) is 0 Å². The number of unbranched alkanes of at least 4 members (excludes halogenated alkanes) is 8. The van der Waals surface area contributed by atoms with Gasteiger partial charge in [-0.25, -0.2) is 0 Å². The molecule has 0 fully saturated rings. The smallest absolute Gasteiger partial charge is 0.0885 e. The van der Waals surface area contributed by atoms with E-state index in [2.05, 4.69) is 36.7 Å². The number of hydrogen-bond donors (Lipinski definition) is 0. The third-order valence-electron chi connectivity index (χ3n) is 4.77. The van der Waals surface area contributed by atoms with Gasteiger partial charge in [-0.15, -0.1) is 0 Å². The molecule has 0 saturated heterocycles. The molecule has 0 atom stereocenters. The van der Waals surface area contributed by atoms with Gasteiger partial charge in [0.15, 0.2) is 0 Å². The van der Waals surface area contributed by atoms with Crippen LogP contribution in [0.1, 0.15) is 91.4 Å². The van der Waals surface area contributed by atoms with E-state index in [9.17, 15) is 0 Å². The van der Waals surface area contributed by atoms with E-state index in [0.717, 1.165) is 0 Å². The Kier molecular flexibility index (Phi) is 20.5. The van der Waals surface area contributed by atoms with Crippen molar-refractivity contribution in [3.8, 4) is 0 Å². The summed E-state index contributed by atoms with van der Waals surface area (Å²) >= 11 is 3.72. The minimum absolute atomic E-state index is 0. The van der Waals surface area contributed by atoms with E-state index in [4.69, 9.17) is 0 Å². The fraction of sp³-hybridized carbons (Fsp3) is 1.00. The zero-order valence-electron chi connectivity index (χ0n) is 15.5. The number of quaternary nitrogens is 1. The molecule has 1 nitrogen and oxygen atoms in total. The van der Waals surface area contributed by atoms with Crippen molar-refractivity contribution in [2.45, 2.75) is 91.4 Å². The first-order chi connectivity index (χ1) is 10.2. The van der Waals surface area contributed by atoms with Crippen LogP contribution in [0, 0.1) is 0 Å². The summed E-state index contributed by atoms with van der Waals surface area (Å²) in [6.07, 6.45) is 15.4. The topological polar surface area (TPSA) is 0 Å². The average Bonchev–Trinajstić information content (AvgIpc) is 2.49. The first kappa shape index (κ1) is 25.0. The molecule has 0 rings (SSSR count). The largest absolute Gasteiger partial charge is 1.00 e. The van der Waals surface area contributed by atoms with Crippen LogP contribution in [0.4, 0.5) is 0 Å². The molecule has 0 aromatic rings. The molecule has 0 amide bonds. The van der Waals surface area contributed by atoms with Gasteiger partial charge in [0, 0.05) is 0 Å². The SMILES string of the molecule is CCCCCC[N+](CCBr)(CCCCC)CCCCCC.[Cl-]. The average molecular weight is 399 g/mol. The van der Waals surface area contributed by atoms with Crippen LogP contribution in [0.3, 0.4) is 0 Å². The van der Waals surface area contributed by atoms with Crippen LogP contribution in [0.15, 0.2) is 0 Å². The van der Waals surface area contributed by atoms with E-state index >= 15 is 0 Å². The fourth-order valence-corrected chi connectivity index (χ4v) is 4.05. The highest BCUT2D eigenvalue weighted by molar-refractivity contribution is 9.09. The second kappa shape index (κ2) is 18.1. The summed E-state index contributed by atoms with van der Waals surface area (Å²) in [5.41, 5.74) is 0. The Hall–Kier alpha value is 0.730. The van der Waals surface area contributed by atoms with Crippen molar-refractivity contribution in [1.29, 1.82) is 0 Å². The molecule has 0 aliphatic carbocycles. The van der Waals surface area contributed by atoms with Crippen LogP contribution >= 0.6 is 15.9 Å². The van der Waals surface area contributed by atoms with Crippen LogP contribution in [-0.2, 0) is 0 Å². The summed E-state index contributed by atoms with van der Waals surface area (Å²) in [4.78, 5) is 0. The van der Waals surface area contributed by atoms with Gasteiger partial charge < -0.3 is 16.9 Å². The predicted molar refractivity (Wildman–Crippen MR) is 101 cm³/mol. The molecule has 136 valence electrons. The Balaban J connectivity index is 0. The van der Waals surface area contributed by atoms with Crippen molar-refractivity contribution >= 4 is 15.9 Å². The zero-order chi connectivity index (χ0) is 15.8. The molecule has 0 bridgehead atoms. The molecule has 0 aliphatic heterocycles. The van der Waals surface area contributed by atoms with Crippen molar-refractivity contribution in [2.75, 3.05) is 31.5 Å². The maximum absolute atomic E-state index is 3.72. The molecular weight excluding hydrogens is 358 g/mol. The van der Waals surface area contributed by atoms with Gasteiger partial charge in [-0.1, -0.05) is 68.8 Å². The third kappa shape index (κ3) is 13.2. The molecule has 0 spiro atoms. The first-order valence-corrected chi connectivity index (χ1v) is 10.8. The summed E-state index contributed by atoms with van der Waals surface area (Å²) < 4.78 is 1.39. The van der Waals surface area contributed by atoms with Gasteiger partial charge in [0.2, 0.25) is 0 Å². The molecule has 0 aliphatic rings. The molecule has 0 heterocycles. The standard InChI is InChI=1S/C19H41BrN.ClH/c1-4-7-10-13-17-21(19-15-20,16-12-9-6-3)18-14-11-8-5-2;/h4-19H2,1-3H3;1H/q+1;/p-1. The summed E-state index contributed by atoms with van der Waals surface area (Å²) in [5.74, 6) is 0. The Morgan fingerprint density at radius 3 is 1.27 bits per heavy atom. The number of hydrogen-bond acceptors (Lipinski definition) is 0. The van der Waals surface area contributed by atoms with Crippen molar-refractivity contribution < 1.29 is 16.9 Å². The van der Waals surface area contributed by atoms with Crippen molar-refractivity contribution in [1.82, 2.24) is 0 Å². The lowest BCUT2D eigenvalue weighted by Gasteiger charge is -2.39. The van der Waals surface area contributed by atoms with Crippen LogP contribution in [-0.4, -0.2) is 36.0 Å². The van der Waals surface area contributed by atoms with Crippen LogP contribution in [0.5, 0.6) is 0 Å². The minimum Gasteiger partial charge on any atom is -1.00 e. The Morgan fingerprint density at radius 1 is 0.545 bits per heavy atom. The highest BCUT2D eigenvalue weighted by Gasteiger charge is 2.25. The van der Waals surface area contributed by atoms with E-state index in [1.807, 2.05) is 0 Å². The van der Waals surface area contributed by atoms with Gasteiger partial charge in [0.1, 0.15) is 0 Å². The zero-order valence-corrected chi connectivity index (χ0v) is 17.9.